The fraction of sp³-hybridized carbons (Fsp3) is 0.588. The summed E-state index contributed by atoms with van der Waals surface area (Å²) >= 11 is 0. The molecule has 0 amide bonds. The van der Waals surface area contributed by atoms with Crippen LogP contribution in [0.4, 0.5) is 0 Å². The molecule has 1 aromatic rings. The minimum Gasteiger partial charge on any atom is -0.493 e. The lowest BCUT2D eigenvalue weighted by Crippen LogP contribution is -2.19. The molecule has 1 rings (SSSR count). The smallest absolute Gasteiger partial charge is 0.142 e. The summed E-state index contributed by atoms with van der Waals surface area (Å²) in [7, 11) is 0. The predicted octanol–water partition coefficient (Wildman–Crippen LogP) is 3.80. The van der Waals surface area contributed by atoms with Gasteiger partial charge in [-0.25, -0.2) is 0 Å². The topological polar surface area (TPSA) is 67.8 Å². The van der Waals surface area contributed by atoms with E-state index >= 15 is 0 Å². The van der Waals surface area contributed by atoms with E-state index in [2.05, 4.69) is 58.8 Å². The van der Waals surface area contributed by atoms with Crippen molar-refractivity contribution in [3.63, 3.8) is 0 Å². The molecule has 21 heavy (non-hydrogen) atoms. The number of hydrogen-bond acceptors (Lipinski definition) is 3. The van der Waals surface area contributed by atoms with Gasteiger partial charge in [-0.2, -0.15) is 0 Å². The third-order valence-corrected chi connectivity index (χ3v) is 3.40. The third-order valence-electron chi connectivity index (χ3n) is 3.40. The molecule has 0 aliphatic carbocycles. The van der Waals surface area contributed by atoms with Crippen molar-refractivity contribution in [2.75, 3.05) is 6.61 Å². The fourth-order valence-electron chi connectivity index (χ4n) is 2.02. The first-order chi connectivity index (χ1) is 9.55. The van der Waals surface area contributed by atoms with Crippen molar-refractivity contribution in [3.8, 4) is 5.75 Å². The molecule has 0 fully saturated rings. The van der Waals surface area contributed by atoms with Crippen molar-refractivity contribution in [2.24, 2.45) is 10.9 Å². The molecule has 4 nitrogen and oxygen atoms in total. The summed E-state index contributed by atoms with van der Waals surface area (Å²) in [4.78, 5) is 0. The molecular weight excluding hydrogens is 264 g/mol. The molecule has 3 N–H and O–H groups in total. The number of benzene rings is 1. The molecule has 1 aromatic carbocycles. The third kappa shape index (κ3) is 4.96. The van der Waals surface area contributed by atoms with Gasteiger partial charge in [-0.3, -0.25) is 0 Å². The van der Waals surface area contributed by atoms with Gasteiger partial charge in [0.2, 0.25) is 0 Å². The van der Waals surface area contributed by atoms with Crippen molar-refractivity contribution in [1.29, 1.82) is 0 Å². The summed E-state index contributed by atoms with van der Waals surface area (Å²) in [5.74, 6) is 1.04. The molecule has 0 heterocycles. The molecule has 0 spiro atoms. The van der Waals surface area contributed by atoms with Gasteiger partial charge in [-0.1, -0.05) is 58.8 Å². The summed E-state index contributed by atoms with van der Waals surface area (Å²) in [5, 5.41) is 11.5. The molecule has 0 saturated heterocycles. The van der Waals surface area contributed by atoms with E-state index in [1.54, 1.807) is 0 Å². The van der Waals surface area contributed by atoms with Crippen LogP contribution in [0.25, 0.3) is 0 Å². The molecule has 0 bridgehead atoms. The average Bonchev–Trinajstić information content (AvgIpc) is 2.36. The molecule has 0 saturated carbocycles. The second-order valence-corrected chi connectivity index (χ2v) is 7.40. The van der Waals surface area contributed by atoms with Crippen LogP contribution in [0.1, 0.15) is 59.1 Å². The molecule has 0 aromatic heterocycles. The number of oxime groups is 1. The van der Waals surface area contributed by atoms with Crippen LogP contribution in [0.3, 0.4) is 0 Å². The molecule has 0 aliphatic rings. The zero-order valence-electron chi connectivity index (χ0n) is 14.0. The van der Waals surface area contributed by atoms with Gasteiger partial charge >= 0.3 is 0 Å². The van der Waals surface area contributed by atoms with E-state index in [0.29, 0.717) is 13.0 Å². The van der Waals surface area contributed by atoms with E-state index in [9.17, 15) is 0 Å². The highest BCUT2D eigenvalue weighted by Crippen LogP contribution is 2.35. The highest BCUT2D eigenvalue weighted by Gasteiger charge is 2.23. The molecule has 0 radical (unpaired) electrons. The van der Waals surface area contributed by atoms with Crippen LogP contribution < -0.4 is 10.5 Å². The van der Waals surface area contributed by atoms with E-state index in [4.69, 9.17) is 15.7 Å². The molecular formula is C17H28N2O2. The van der Waals surface area contributed by atoms with Gasteiger partial charge in [0.1, 0.15) is 11.6 Å². The number of ether oxygens (including phenoxy) is 1. The molecule has 4 heteroatoms. The van der Waals surface area contributed by atoms with E-state index in [1.165, 1.54) is 11.1 Å². The van der Waals surface area contributed by atoms with Crippen molar-refractivity contribution in [3.05, 3.63) is 29.3 Å². The van der Waals surface area contributed by atoms with Crippen molar-refractivity contribution >= 4 is 5.84 Å². The van der Waals surface area contributed by atoms with Gasteiger partial charge < -0.3 is 15.7 Å². The van der Waals surface area contributed by atoms with Gasteiger partial charge in [-0.05, 0) is 28.0 Å². The Hall–Kier alpha value is -1.71. The second-order valence-electron chi connectivity index (χ2n) is 7.40. The number of hydrogen-bond donors (Lipinski definition) is 2. The molecule has 118 valence electrons. The standard InChI is InChI=1S/C17H28N2O2/c1-16(2,3)12-7-8-14(13(11-12)17(4,5)6)21-10-9-15(18)19-20/h7-8,11,20H,9-10H2,1-6H3,(H2,18,19). The van der Waals surface area contributed by atoms with Crippen LogP contribution in [-0.2, 0) is 10.8 Å². The predicted molar refractivity (Wildman–Crippen MR) is 87.4 cm³/mol. The Morgan fingerprint density at radius 3 is 2.24 bits per heavy atom. The summed E-state index contributed by atoms with van der Waals surface area (Å²) < 4.78 is 5.83. The quantitative estimate of drug-likeness (QED) is 0.384. The Morgan fingerprint density at radius 1 is 1.14 bits per heavy atom. The molecule has 0 aliphatic heterocycles. The normalized spacial score (nSPS) is 13.3. The fourth-order valence-corrected chi connectivity index (χ4v) is 2.02. The van der Waals surface area contributed by atoms with Crippen molar-refractivity contribution in [2.45, 2.75) is 58.8 Å². The largest absolute Gasteiger partial charge is 0.493 e. The summed E-state index contributed by atoms with van der Waals surface area (Å²) in [5.41, 5.74) is 8.02. The minimum atomic E-state index is -0.00674. The lowest BCUT2D eigenvalue weighted by atomic mass is 9.80. The summed E-state index contributed by atoms with van der Waals surface area (Å²) in [6.45, 7) is 13.5. The van der Waals surface area contributed by atoms with Crippen molar-refractivity contribution in [1.82, 2.24) is 0 Å². The maximum atomic E-state index is 8.55. The van der Waals surface area contributed by atoms with Crippen LogP contribution >= 0.6 is 0 Å². The van der Waals surface area contributed by atoms with E-state index in [1.807, 2.05) is 6.07 Å². The number of amidine groups is 1. The Morgan fingerprint density at radius 2 is 1.76 bits per heavy atom. The van der Waals surface area contributed by atoms with Gasteiger partial charge in [0.05, 0.1) is 6.61 Å². The first kappa shape index (κ1) is 17.3. The van der Waals surface area contributed by atoms with Gasteiger partial charge in [-0.15, -0.1) is 0 Å². The van der Waals surface area contributed by atoms with Crippen LogP contribution in [-0.4, -0.2) is 17.6 Å². The number of nitrogens with zero attached hydrogens (tertiary/aromatic N) is 1. The maximum absolute atomic E-state index is 8.55. The SMILES string of the molecule is CC(C)(C)c1ccc(OCC/C(N)=N/O)c(C(C)(C)C)c1. The van der Waals surface area contributed by atoms with Gasteiger partial charge in [0.25, 0.3) is 0 Å². The zero-order chi connectivity index (χ0) is 16.3. The second kappa shape index (κ2) is 6.37. The van der Waals surface area contributed by atoms with Gasteiger partial charge in [0.15, 0.2) is 0 Å². The molecule has 0 unspecified atom stereocenters. The summed E-state index contributed by atoms with van der Waals surface area (Å²) in [6.07, 6.45) is 0.404. The monoisotopic (exact) mass is 292 g/mol. The highest BCUT2D eigenvalue weighted by molar-refractivity contribution is 5.79. The van der Waals surface area contributed by atoms with E-state index in [0.717, 1.165) is 5.75 Å². The summed E-state index contributed by atoms with van der Waals surface area (Å²) in [6, 6.07) is 6.35. The Kier molecular flexibility index (Phi) is 5.26. The number of nitrogens with two attached hydrogens (primary N) is 1. The molecule has 0 atom stereocenters. The Bertz CT molecular complexity index is 509. The van der Waals surface area contributed by atoms with Crippen LogP contribution in [0.5, 0.6) is 5.75 Å². The van der Waals surface area contributed by atoms with Gasteiger partial charge in [0, 0.05) is 6.42 Å². The van der Waals surface area contributed by atoms with Crippen LogP contribution in [0.2, 0.25) is 0 Å². The van der Waals surface area contributed by atoms with E-state index < -0.39 is 0 Å². The average molecular weight is 292 g/mol. The first-order valence-corrected chi connectivity index (χ1v) is 7.30. The Balaban J connectivity index is 3.04. The van der Waals surface area contributed by atoms with Crippen LogP contribution in [0, 0.1) is 0 Å². The van der Waals surface area contributed by atoms with Crippen molar-refractivity contribution < 1.29 is 9.94 Å². The zero-order valence-corrected chi connectivity index (χ0v) is 14.0. The first-order valence-electron chi connectivity index (χ1n) is 7.30. The minimum absolute atomic E-state index is 0.00674. The highest BCUT2D eigenvalue weighted by atomic mass is 16.5. The van der Waals surface area contributed by atoms with E-state index in [-0.39, 0.29) is 16.7 Å². The Labute approximate surface area is 128 Å². The lowest BCUT2D eigenvalue weighted by molar-refractivity contribution is 0.302. The van der Waals surface area contributed by atoms with Crippen LogP contribution in [0.15, 0.2) is 23.4 Å². The lowest BCUT2D eigenvalue weighted by Gasteiger charge is -2.27. The number of rotatable bonds is 4. The maximum Gasteiger partial charge on any atom is 0.142 e.